The highest BCUT2D eigenvalue weighted by atomic mass is 35.5. The molecule has 3 aromatic rings. The Balaban J connectivity index is 1.20. The fraction of sp³-hybridized carbons (Fsp3) is 0.421. The van der Waals surface area contributed by atoms with Crippen molar-refractivity contribution >= 4 is 55.1 Å². The Labute approximate surface area is 302 Å². The molecule has 0 aromatic heterocycles. The Hall–Kier alpha value is -4.10. The molecule has 0 aliphatic carbocycles. The molecule has 3 aromatic carbocycles. The highest BCUT2D eigenvalue weighted by Crippen LogP contribution is 2.60. The SMILES string of the molecule is CC(=O)OC1CC(=O)N1c1cccc(CN2C(=O)[C@]3(O[C@H](CC(=O)N4Cc5ccccc5C[C@H]4CO)[C@@H]([Si](C)(C)F)[C@@H]3C)c3cc(Cl)ccc32)c1. The Kier molecular flexibility index (Phi) is 9.10. The maximum Gasteiger partial charge on any atom is 0.304 e. The zero-order chi connectivity index (χ0) is 36.4. The number of halogens is 2. The zero-order valence-corrected chi connectivity index (χ0v) is 30.7. The second-order valence-corrected chi connectivity index (χ2v) is 18.8. The van der Waals surface area contributed by atoms with Gasteiger partial charge in [0, 0.05) is 41.2 Å². The van der Waals surface area contributed by atoms with Crippen molar-refractivity contribution in [2.75, 3.05) is 16.4 Å². The van der Waals surface area contributed by atoms with Gasteiger partial charge in [0.2, 0.25) is 20.2 Å². The number of hydrogen-bond acceptors (Lipinski definition) is 7. The van der Waals surface area contributed by atoms with Gasteiger partial charge >= 0.3 is 5.97 Å². The standard InChI is InChI=1S/C38H41ClFN3O7Si/c1-22-36(51(3,4)40)32(17-33(46)41-20-26-10-6-5-9-25(26)15-29(41)21-44)50-38(22)30-16-27(39)12-13-31(30)42(37(38)48)19-24-8-7-11-28(14-24)43-34(47)18-35(43)49-23(2)45/h5-14,16,22,29,32,35-36,44H,15,17-21H2,1-4H3/t22-,29-,32+,35?,36-,38+/m0/s1. The first-order valence-corrected chi connectivity index (χ1v) is 20.6. The summed E-state index contributed by atoms with van der Waals surface area (Å²) in [4.78, 5) is 57.7. The Bertz CT molecular complexity index is 1920. The molecule has 2 saturated heterocycles. The number of benzene rings is 3. The monoisotopic (exact) mass is 733 g/mol. The van der Waals surface area contributed by atoms with Crippen LogP contribution in [0, 0.1) is 5.92 Å². The van der Waals surface area contributed by atoms with Gasteiger partial charge in [0.1, 0.15) is 0 Å². The van der Waals surface area contributed by atoms with Crippen LogP contribution in [-0.2, 0) is 53.8 Å². The van der Waals surface area contributed by atoms with Crippen LogP contribution < -0.4 is 9.80 Å². The topological polar surface area (TPSA) is 117 Å². The van der Waals surface area contributed by atoms with Crippen molar-refractivity contribution in [1.82, 2.24) is 4.90 Å². The van der Waals surface area contributed by atoms with Crippen LogP contribution in [0.2, 0.25) is 23.7 Å². The largest absolute Gasteiger partial charge is 0.441 e. The van der Waals surface area contributed by atoms with Crippen LogP contribution in [0.5, 0.6) is 0 Å². The number of anilines is 2. The van der Waals surface area contributed by atoms with Crippen molar-refractivity contribution in [2.24, 2.45) is 5.92 Å². The van der Waals surface area contributed by atoms with Crippen LogP contribution in [0.15, 0.2) is 66.7 Å². The molecular formula is C38H41ClFN3O7Si. The van der Waals surface area contributed by atoms with Gasteiger partial charge in [-0.15, -0.1) is 0 Å². The molecule has 13 heteroatoms. The summed E-state index contributed by atoms with van der Waals surface area (Å²) in [6.07, 6.45) is -1.15. The Morgan fingerprint density at radius 3 is 2.49 bits per heavy atom. The van der Waals surface area contributed by atoms with Crippen LogP contribution in [0.1, 0.15) is 48.9 Å². The number of aliphatic hydroxyl groups is 1. The summed E-state index contributed by atoms with van der Waals surface area (Å²) < 4.78 is 28.6. The number of β-lactam (4-membered cyclic amide) rings is 1. The van der Waals surface area contributed by atoms with Crippen molar-refractivity contribution < 1.29 is 37.9 Å². The van der Waals surface area contributed by atoms with E-state index in [2.05, 4.69) is 0 Å². The average molecular weight is 734 g/mol. The lowest BCUT2D eigenvalue weighted by molar-refractivity contribution is -0.154. The fourth-order valence-electron chi connectivity index (χ4n) is 8.68. The van der Waals surface area contributed by atoms with Gasteiger partial charge in [0.25, 0.3) is 5.91 Å². The van der Waals surface area contributed by atoms with E-state index < -0.39 is 49.8 Å². The normalized spacial score (nSPS) is 27.0. The van der Waals surface area contributed by atoms with Gasteiger partial charge in [-0.05, 0) is 66.5 Å². The second-order valence-electron chi connectivity index (χ2n) is 14.6. The summed E-state index contributed by atoms with van der Waals surface area (Å²) in [5, 5.41) is 10.6. The second kappa shape index (κ2) is 13.1. The summed E-state index contributed by atoms with van der Waals surface area (Å²) in [5.41, 5.74) is 2.10. The summed E-state index contributed by atoms with van der Waals surface area (Å²) >= 11 is 6.54. The highest BCUT2D eigenvalue weighted by Gasteiger charge is 2.67. The molecular weight excluding hydrogens is 693 g/mol. The summed E-state index contributed by atoms with van der Waals surface area (Å²) in [7, 11) is -3.57. The number of aliphatic hydroxyl groups excluding tert-OH is 1. The molecule has 51 heavy (non-hydrogen) atoms. The molecule has 4 heterocycles. The third-order valence-corrected chi connectivity index (χ3v) is 13.6. The third kappa shape index (κ3) is 6.05. The lowest BCUT2D eigenvalue weighted by Crippen LogP contribution is -2.54. The summed E-state index contributed by atoms with van der Waals surface area (Å²) in [6.45, 7) is 6.51. The molecule has 6 atom stereocenters. The lowest BCUT2D eigenvalue weighted by atomic mass is 9.82. The predicted octanol–water partition coefficient (Wildman–Crippen LogP) is 5.62. The van der Waals surface area contributed by atoms with Crippen LogP contribution in [0.3, 0.4) is 0 Å². The van der Waals surface area contributed by atoms with Crippen LogP contribution in [0.4, 0.5) is 15.5 Å². The highest BCUT2D eigenvalue weighted by molar-refractivity contribution is 6.72. The van der Waals surface area contributed by atoms with Crippen molar-refractivity contribution in [3.05, 3.63) is 94.0 Å². The van der Waals surface area contributed by atoms with Gasteiger partial charge in [-0.25, -0.2) is 0 Å². The molecule has 0 radical (unpaired) electrons. The molecule has 2 fully saturated rings. The van der Waals surface area contributed by atoms with Gasteiger partial charge in [-0.1, -0.05) is 54.9 Å². The van der Waals surface area contributed by atoms with Crippen molar-refractivity contribution in [1.29, 1.82) is 0 Å². The first-order chi connectivity index (χ1) is 24.2. The molecule has 0 saturated carbocycles. The Morgan fingerprint density at radius 1 is 1.06 bits per heavy atom. The number of ether oxygens (including phenoxy) is 2. The molecule has 1 spiro atoms. The van der Waals surface area contributed by atoms with E-state index in [-0.39, 0.29) is 43.7 Å². The maximum absolute atomic E-state index is 16.5. The zero-order valence-electron chi connectivity index (χ0n) is 29.0. The molecule has 3 amide bonds. The van der Waals surface area contributed by atoms with Gasteiger partial charge in [0.05, 0.1) is 43.8 Å². The van der Waals surface area contributed by atoms with Crippen molar-refractivity contribution in [2.45, 2.75) is 88.8 Å². The minimum absolute atomic E-state index is 0.0884. The van der Waals surface area contributed by atoms with E-state index in [1.54, 1.807) is 59.3 Å². The Morgan fingerprint density at radius 2 is 1.80 bits per heavy atom. The molecule has 1 N–H and O–H groups in total. The maximum atomic E-state index is 16.5. The summed E-state index contributed by atoms with van der Waals surface area (Å²) in [6, 6.07) is 19.6. The van der Waals surface area contributed by atoms with Gasteiger partial charge in [0.15, 0.2) is 11.8 Å². The molecule has 0 bridgehead atoms. The molecule has 4 aliphatic heterocycles. The molecule has 268 valence electrons. The summed E-state index contributed by atoms with van der Waals surface area (Å²) in [5.74, 6) is -1.96. The van der Waals surface area contributed by atoms with E-state index in [0.717, 1.165) is 11.1 Å². The van der Waals surface area contributed by atoms with E-state index >= 15 is 4.11 Å². The number of hydrogen-bond donors (Lipinski definition) is 1. The van der Waals surface area contributed by atoms with E-state index in [9.17, 15) is 24.3 Å². The van der Waals surface area contributed by atoms with Crippen molar-refractivity contribution in [3.63, 3.8) is 0 Å². The van der Waals surface area contributed by atoms with E-state index in [1.165, 1.54) is 11.8 Å². The fourth-order valence-corrected chi connectivity index (χ4v) is 11.3. The first kappa shape index (κ1) is 35.3. The molecule has 1 unspecified atom stereocenters. The van der Waals surface area contributed by atoms with E-state index in [4.69, 9.17) is 21.1 Å². The van der Waals surface area contributed by atoms with Gasteiger partial charge in [-0.2, -0.15) is 0 Å². The quantitative estimate of drug-likeness (QED) is 0.138. The number of esters is 1. The van der Waals surface area contributed by atoms with Crippen LogP contribution in [0.25, 0.3) is 0 Å². The minimum atomic E-state index is -3.57. The number of fused-ring (bicyclic) bond motifs is 3. The first-order valence-electron chi connectivity index (χ1n) is 17.3. The number of carbonyl (C=O) groups is 4. The number of amides is 3. The predicted molar refractivity (Wildman–Crippen MR) is 191 cm³/mol. The molecule has 7 rings (SSSR count). The average Bonchev–Trinajstić information content (AvgIpc) is 3.49. The van der Waals surface area contributed by atoms with Crippen LogP contribution >= 0.6 is 11.6 Å². The van der Waals surface area contributed by atoms with Gasteiger partial charge in [-0.3, -0.25) is 24.1 Å². The smallest absolute Gasteiger partial charge is 0.304 e. The molecule has 10 nitrogen and oxygen atoms in total. The van der Waals surface area contributed by atoms with E-state index in [0.29, 0.717) is 40.5 Å². The van der Waals surface area contributed by atoms with Crippen molar-refractivity contribution in [3.8, 4) is 0 Å². The number of nitrogens with zero attached hydrogens (tertiary/aromatic N) is 3. The lowest BCUT2D eigenvalue weighted by Gasteiger charge is -2.39. The van der Waals surface area contributed by atoms with E-state index in [1.807, 2.05) is 37.3 Å². The van der Waals surface area contributed by atoms with Crippen LogP contribution in [-0.4, -0.2) is 67.1 Å². The number of carbonyl (C=O) groups excluding carboxylic acids is 4. The number of rotatable bonds is 8. The molecule has 4 aliphatic rings. The minimum Gasteiger partial charge on any atom is -0.441 e. The third-order valence-electron chi connectivity index (χ3n) is 10.9. The van der Waals surface area contributed by atoms with Gasteiger partial charge < -0.3 is 28.5 Å².